The fraction of sp³-hybridized carbons (Fsp3) is 0.286. The summed E-state index contributed by atoms with van der Waals surface area (Å²) >= 11 is 0. The number of amides is 1. The van der Waals surface area contributed by atoms with Crippen LogP contribution in [-0.4, -0.2) is 42.2 Å². The molecule has 0 spiro atoms. The normalized spacial score (nSPS) is 13.0. The van der Waals surface area contributed by atoms with Gasteiger partial charge in [-0.3, -0.25) is 14.5 Å². The van der Waals surface area contributed by atoms with Crippen LogP contribution in [-0.2, 0) is 14.3 Å². The number of carbonyl (C=O) groups excluding carboxylic acids is 3. The van der Waals surface area contributed by atoms with E-state index < -0.39 is 30.0 Å². The van der Waals surface area contributed by atoms with Gasteiger partial charge in [0.2, 0.25) is 0 Å². The number of rotatable bonds is 3. The lowest BCUT2D eigenvalue weighted by Crippen LogP contribution is -2.38. The van der Waals surface area contributed by atoms with E-state index in [4.69, 9.17) is 14.2 Å². The zero-order chi connectivity index (χ0) is 21.3. The van der Waals surface area contributed by atoms with Gasteiger partial charge in [0.25, 0.3) is 5.91 Å². The molecule has 29 heavy (non-hydrogen) atoms. The third kappa shape index (κ3) is 4.16. The Morgan fingerprint density at radius 3 is 2.52 bits per heavy atom. The molecule has 0 aromatic heterocycles. The van der Waals surface area contributed by atoms with E-state index in [0.29, 0.717) is 0 Å². The van der Waals surface area contributed by atoms with Crippen LogP contribution in [0.1, 0.15) is 41.5 Å². The molecule has 152 valence electrons. The lowest BCUT2D eigenvalue weighted by molar-refractivity contribution is -0.152. The monoisotopic (exact) mass is 399 g/mol. The molecule has 1 aliphatic rings. The first-order chi connectivity index (χ1) is 13.6. The quantitative estimate of drug-likeness (QED) is 0.790. The van der Waals surface area contributed by atoms with E-state index in [2.05, 4.69) is 0 Å². The van der Waals surface area contributed by atoms with Gasteiger partial charge in [-0.1, -0.05) is 6.07 Å². The molecule has 2 aromatic carbocycles. The van der Waals surface area contributed by atoms with Crippen molar-refractivity contribution in [1.82, 2.24) is 0 Å². The van der Waals surface area contributed by atoms with Crippen molar-refractivity contribution < 1.29 is 33.7 Å². The first kappa shape index (κ1) is 20.2. The van der Waals surface area contributed by atoms with Gasteiger partial charge in [0.05, 0.1) is 18.4 Å². The summed E-state index contributed by atoms with van der Waals surface area (Å²) in [5, 5.41) is 10.2. The van der Waals surface area contributed by atoms with E-state index in [-0.39, 0.29) is 34.1 Å². The van der Waals surface area contributed by atoms with Crippen LogP contribution in [0.2, 0.25) is 0 Å². The van der Waals surface area contributed by atoms with Crippen LogP contribution in [0.15, 0.2) is 36.4 Å². The number of hydrogen-bond donors (Lipinski definition) is 1. The number of hydrogen-bond acceptors (Lipinski definition) is 7. The lowest BCUT2D eigenvalue weighted by atomic mass is 10.1. The highest BCUT2D eigenvalue weighted by molar-refractivity contribution is 6.13. The molecule has 2 aromatic rings. The number of esters is 2. The molecule has 0 bridgehead atoms. The Balaban J connectivity index is 2.12. The van der Waals surface area contributed by atoms with E-state index in [1.807, 2.05) is 0 Å². The van der Waals surface area contributed by atoms with Gasteiger partial charge in [-0.25, -0.2) is 4.79 Å². The molecule has 0 fully saturated rings. The topological polar surface area (TPSA) is 102 Å². The van der Waals surface area contributed by atoms with Crippen molar-refractivity contribution >= 4 is 23.5 Å². The van der Waals surface area contributed by atoms with Crippen LogP contribution in [0.4, 0.5) is 5.69 Å². The summed E-state index contributed by atoms with van der Waals surface area (Å²) in [6.45, 7) is 4.69. The van der Waals surface area contributed by atoms with E-state index in [0.717, 1.165) is 4.90 Å². The highest BCUT2D eigenvalue weighted by atomic mass is 16.6. The first-order valence-electron chi connectivity index (χ1n) is 8.86. The number of phenolic OH excluding ortho intramolecular Hbond substituents is 1. The SMILES string of the molecule is COC(=O)c1ccc2c(c1)N(CC(=O)OC(C)(C)C)C(=O)c1c(O)cccc1O2. The zero-order valence-corrected chi connectivity index (χ0v) is 16.5. The molecule has 0 aliphatic carbocycles. The summed E-state index contributed by atoms with van der Waals surface area (Å²) in [5.41, 5.74) is -0.489. The van der Waals surface area contributed by atoms with Crippen LogP contribution in [0.3, 0.4) is 0 Å². The van der Waals surface area contributed by atoms with E-state index in [9.17, 15) is 19.5 Å². The number of nitrogens with zero attached hydrogens (tertiary/aromatic N) is 1. The Morgan fingerprint density at radius 1 is 1.14 bits per heavy atom. The van der Waals surface area contributed by atoms with Gasteiger partial charge >= 0.3 is 11.9 Å². The number of methoxy groups -OCH3 is 1. The second-order valence-corrected chi connectivity index (χ2v) is 7.40. The number of aromatic hydroxyl groups is 1. The Kier molecular flexibility index (Phi) is 5.19. The fourth-order valence-corrected chi connectivity index (χ4v) is 2.90. The standard InChI is InChI=1S/C21H21NO7/c1-21(2,3)29-17(24)11-22-13-10-12(20(26)27-4)8-9-15(13)28-16-7-5-6-14(23)18(16)19(22)25/h5-10,23H,11H2,1-4H3. The Bertz CT molecular complexity index is 991. The summed E-state index contributed by atoms with van der Waals surface area (Å²) < 4.78 is 15.9. The molecular weight excluding hydrogens is 378 g/mol. The van der Waals surface area contributed by atoms with Gasteiger partial charge < -0.3 is 19.3 Å². The highest BCUT2D eigenvalue weighted by Gasteiger charge is 2.33. The average molecular weight is 399 g/mol. The smallest absolute Gasteiger partial charge is 0.337 e. The number of benzene rings is 2. The van der Waals surface area contributed by atoms with Crippen LogP contribution in [0.25, 0.3) is 0 Å². The minimum Gasteiger partial charge on any atom is -0.507 e. The number of fused-ring (bicyclic) bond motifs is 2. The maximum atomic E-state index is 13.2. The average Bonchev–Trinajstić information content (AvgIpc) is 2.75. The van der Waals surface area contributed by atoms with Crippen LogP contribution in [0.5, 0.6) is 17.2 Å². The summed E-state index contributed by atoms with van der Waals surface area (Å²) in [6, 6.07) is 8.79. The van der Waals surface area contributed by atoms with Crippen LogP contribution < -0.4 is 9.64 Å². The molecule has 1 N–H and O–H groups in total. The fourth-order valence-electron chi connectivity index (χ4n) is 2.90. The predicted octanol–water partition coefficient (Wildman–Crippen LogP) is 3.27. The molecule has 1 amide bonds. The van der Waals surface area contributed by atoms with Gasteiger partial charge in [-0.15, -0.1) is 0 Å². The van der Waals surface area contributed by atoms with E-state index in [1.165, 1.54) is 43.5 Å². The molecule has 8 nitrogen and oxygen atoms in total. The summed E-state index contributed by atoms with van der Waals surface area (Å²) in [4.78, 5) is 38.8. The maximum Gasteiger partial charge on any atom is 0.337 e. The van der Waals surface area contributed by atoms with Gasteiger partial charge in [0.15, 0.2) is 5.75 Å². The van der Waals surface area contributed by atoms with E-state index in [1.54, 1.807) is 20.8 Å². The van der Waals surface area contributed by atoms with Gasteiger partial charge in [0.1, 0.15) is 29.2 Å². The molecule has 0 saturated heterocycles. The van der Waals surface area contributed by atoms with Gasteiger partial charge in [-0.05, 0) is 51.1 Å². The largest absolute Gasteiger partial charge is 0.507 e. The Morgan fingerprint density at radius 2 is 1.86 bits per heavy atom. The van der Waals surface area contributed by atoms with Crippen molar-refractivity contribution in [3.63, 3.8) is 0 Å². The number of carbonyl (C=O) groups is 3. The maximum absolute atomic E-state index is 13.2. The minimum absolute atomic E-state index is 0.0909. The second-order valence-electron chi connectivity index (χ2n) is 7.40. The Hall–Kier alpha value is -3.55. The summed E-state index contributed by atoms with van der Waals surface area (Å²) in [6.07, 6.45) is 0. The van der Waals surface area contributed by atoms with Crippen molar-refractivity contribution in [1.29, 1.82) is 0 Å². The molecule has 0 saturated carbocycles. The van der Waals surface area contributed by atoms with Gasteiger partial charge in [-0.2, -0.15) is 0 Å². The number of anilines is 1. The summed E-state index contributed by atoms with van der Waals surface area (Å²) in [5.74, 6) is -1.85. The van der Waals surface area contributed by atoms with E-state index >= 15 is 0 Å². The molecule has 1 heterocycles. The molecule has 0 atom stereocenters. The molecule has 8 heteroatoms. The second kappa shape index (κ2) is 7.46. The predicted molar refractivity (Wildman–Crippen MR) is 103 cm³/mol. The van der Waals surface area contributed by atoms with Crippen LogP contribution in [0, 0.1) is 0 Å². The van der Waals surface area contributed by atoms with Crippen molar-refractivity contribution in [2.75, 3.05) is 18.6 Å². The van der Waals surface area contributed by atoms with Gasteiger partial charge in [0, 0.05) is 0 Å². The molecule has 0 radical (unpaired) electrons. The third-order valence-corrected chi connectivity index (χ3v) is 4.06. The van der Waals surface area contributed by atoms with Crippen LogP contribution >= 0.6 is 0 Å². The van der Waals surface area contributed by atoms with Crippen molar-refractivity contribution in [2.45, 2.75) is 26.4 Å². The lowest BCUT2D eigenvalue weighted by Gasteiger charge is -2.25. The molecule has 3 rings (SSSR count). The van der Waals surface area contributed by atoms with Crippen molar-refractivity contribution in [2.24, 2.45) is 0 Å². The Labute approximate surface area is 167 Å². The van der Waals surface area contributed by atoms with Crippen molar-refractivity contribution in [3.8, 4) is 17.2 Å². The minimum atomic E-state index is -0.751. The zero-order valence-electron chi connectivity index (χ0n) is 16.5. The molecule has 0 unspecified atom stereocenters. The first-order valence-corrected chi connectivity index (χ1v) is 8.86. The third-order valence-electron chi connectivity index (χ3n) is 4.06. The summed E-state index contributed by atoms with van der Waals surface area (Å²) in [7, 11) is 1.24. The number of phenols is 1. The molecule has 1 aliphatic heterocycles. The highest BCUT2D eigenvalue weighted by Crippen LogP contribution is 2.42. The number of ether oxygens (including phenoxy) is 3. The molecular formula is C21H21NO7. The van der Waals surface area contributed by atoms with Crippen molar-refractivity contribution in [3.05, 3.63) is 47.5 Å².